The van der Waals surface area contributed by atoms with Gasteiger partial charge < -0.3 is 19.5 Å². The second-order valence-corrected chi connectivity index (χ2v) is 8.97. The average molecular weight is 502 g/mol. The minimum Gasteiger partial charge on any atom is -0.496 e. The average Bonchev–Trinajstić information content (AvgIpc) is 3.34. The summed E-state index contributed by atoms with van der Waals surface area (Å²) in [6, 6.07) is 21.1. The Kier molecular flexibility index (Phi) is 8.56. The van der Waals surface area contributed by atoms with Gasteiger partial charge in [-0.3, -0.25) is 9.59 Å². The highest BCUT2D eigenvalue weighted by molar-refractivity contribution is 5.96. The molecule has 4 rings (SSSR count). The van der Waals surface area contributed by atoms with Crippen LogP contribution >= 0.6 is 0 Å². The summed E-state index contributed by atoms with van der Waals surface area (Å²) in [7, 11) is 1.61. The summed E-state index contributed by atoms with van der Waals surface area (Å²) in [5.41, 5.74) is 3.43. The van der Waals surface area contributed by atoms with Crippen LogP contribution in [0.3, 0.4) is 0 Å². The number of nitrogens with zero attached hydrogens (tertiary/aromatic N) is 2. The number of aromatic amines is 1. The van der Waals surface area contributed by atoms with Crippen LogP contribution in [-0.2, 0) is 17.8 Å². The molecule has 0 saturated heterocycles. The van der Waals surface area contributed by atoms with E-state index in [-0.39, 0.29) is 18.4 Å². The first-order valence-corrected chi connectivity index (χ1v) is 12.5. The van der Waals surface area contributed by atoms with Gasteiger partial charge in [0, 0.05) is 47.9 Å². The molecule has 1 aromatic heterocycles. The van der Waals surface area contributed by atoms with Gasteiger partial charge in [0.2, 0.25) is 5.91 Å². The molecular formula is C30H32FN3O3. The molecule has 0 atom stereocenters. The molecule has 192 valence electrons. The zero-order valence-corrected chi connectivity index (χ0v) is 21.2. The monoisotopic (exact) mass is 501 g/mol. The molecule has 0 spiro atoms. The Labute approximate surface area is 216 Å². The summed E-state index contributed by atoms with van der Waals surface area (Å²) in [5.74, 6) is -0.145. The second-order valence-electron chi connectivity index (χ2n) is 8.97. The Hall–Kier alpha value is -4.13. The maximum atomic E-state index is 13.7. The number of para-hydroxylation sites is 2. The third-order valence-electron chi connectivity index (χ3n) is 6.43. The lowest BCUT2D eigenvalue weighted by Crippen LogP contribution is -2.43. The topological polar surface area (TPSA) is 65.6 Å². The van der Waals surface area contributed by atoms with Crippen molar-refractivity contribution in [3.8, 4) is 5.75 Å². The van der Waals surface area contributed by atoms with Crippen LogP contribution in [0, 0.1) is 5.82 Å². The molecule has 1 N–H and O–H groups in total. The first kappa shape index (κ1) is 25.9. The van der Waals surface area contributed by atoms with Crippen LogP contribution in [0.1, 0.15) is 34.8 Å². The maximum Gasteiger partial charge on any atom is 0.254 e. The van der Waals surface area contributed by atoms with E-state index in [1.54, 1.807) is 12.0 Å². The number of amides is 2. The molecule has 0 saturated carbocycles. The zero-order chi connectivity index (χ0) is 26.2. The fourth-order valence-corrected chi connectivity index (χ4v) is 4.49. The lowest BCUT2D eigenvalue weighted by atomic mass is 10.1. The number of carbonyl (C=O) groups is 2. The number of aromatic nitrogens is 1. The van der Waals surface area contributed by atoms with Gasteiger partial charge in [-0.05, 0) is 54.8 Å². The number of rotatable bonds is 11. The van der Waals surface area contributed by atoms with E-state index in [9.17, 15) is 14.0 Å². The molecule has 0 aliphatic rings. The van der Waals surface area contributed by atoms with Gasteiger partial charge in [0.05, 0.1) is 7.11 Å². The normalized spacial score (nSPS) is 10.9. The second kappa shape index (κ2) is 12.2. The van der Waals surface area contributed by atoms with Crippen molar-refractivity contribution in [1.82, 2.24) is 14.8 Å². The van der Waals surface area contributed by atoms with Gasteiger partial charge >= 0.3 is 0 Å². The Morgan fingerprint density at radius 3 is 2.38 bits per heavy atom. The van der Waals surface area contributed by atoms with Crippen molar-refractivity contribution in [1.29, 1.82) is 0 Å². The summed E-state index contributed by atoms with van der Waals surface area (Å²) in [6.45, 7) is 3.15. The summed E-state index contributed by atoms with van der Waals surface area (Å²) >= 11 is 0. The number of hydrogen-bond acceptors (Lipinski definition) is 3. The molecule has 0 aliphatic carbocycles. The van der Waals surface area contributed by atoms with Crippen molar-refractivity contribution >= 4 is 22.7 Å². The van der Waals surface area contributed by atoms with Gasteiger partial charge in [-0.25, -0.2) is 4.39 Å². The highest BCUT2D eigenvalue weighted by atomic mass is 19.1. The van der Waals surface area contributed by atoms with Crippen molar-refractivity contribution in [3.05, 3.63) is 102 Å². The largest absolute Gasteiger partial charge is 0.496 e. The molecule has 0 bridgehead atoms. The van der Waals surface area contributed by atoms with Crippen LogP contribution in [-0.4, -0.2) is 53.3 Å². The van der Waals surface area contributed by atoms with Crippen LogP contribution in [0.5, 0.6) is 5.75 Å². The van der Waals surface area contributed by atoms with Crippen molar-refractivity contribution in [2.45, 2.75) is 26.3 Å². The predicted octanol–water partition coefficient (Wildman–Crippen LogP) is 5.44. The minimum absolute atomic E-state index is 0.0624. The van der Waals surface area contributed by atoms with Crippen molar-refractivity contribution in [3.63, 3.8) is 0 Å². The van der Waals surface area contributed by atoms with Gasteiger partial charge in [-0.2, -0.15) is 0 Å². The number of ether oxygens (including phenoxy) is 1. The molecular weight excluding hydrogens is 469 g/mol. The van der Waals surface area contributed by atoms with Gasteiger partial charge in [-0.1, -0.05) is 43.3 Å². The molecule has 3 aromatic carbocycles. The van der Waals surface area contributed by atoms with Crippen LogP contribution in [0.25, 0.3) is 10.9 Å². The number of H-pyrrole nitrogens is 1. The summed E-state index contributed by atoms with van der Waals surface area (Å²) in [4.78, 5) is 33.4. The molecule has 0 radical (unpaired) electrons. The number of benzene rings is 3. The number of halogens is 1. The van der Waals surface area contributed by atoms with Crippen LogP contribution < -0.4 is 4.74 Å². The first-order valence-electron chi connectivity index (χ1n) is 12.5. The number of hydrogen-bond donors (Lipinski definition) is 1. The first-order chi connectivity index (χ1) is 18.0. The van der Waals surface area contributed by atoms with E-state index in [0.29, 0.717) is 43.8 Å². The van der Waals surface area contributed by atoms with E-state index < -0.39 is 5.82 Å². The Morgan fingerprint density at radius 2 is 1.62 bits per heavy atom. The van der Waals surface area contributed by atoms with E-state index in [1.807, 2.05) is 55.6 Å². The summed E-state index contributed by atoms with van der Waals surface area (Å²) < 4.78 is 18.9. The molecule has 4 aromatic rings. The van der Waals surface area contributed by atoms with Gasteiger partial charge in [0.15, 0.2) is 0 Å². The highest BCUT2D eigenvalue weighted by Crippen LogP contribution is 2.22. The maximum absolute atomic E-state index is 13.7. The molecule has 7 heteroatoms. The number of fused-ring (bicyclic) bond motifs is 1. The molecule has 0 fully saturated rings. The Bertz CT molecular complexity index is 1350. The molecule has 6 nitrogen and oxygen atoms in total. The molecule has 37 heavy (non-hydrogen) atoms. The SMILES string of the molecule is CCCN(CC(=O)N(CCc1c[nH]c2ccccc12)Cc1ccccc1OC)C(=O)c1ccc(F)cc1. The molecule has 1 heterocycles. The van der Waals surface area contributed by atoms with Gasteiger partial charge in [-0.15, -0.1) is 0 Å². The quantitative estimate of drug-likeness (QED) is 0.298. The Morgan fingerprint density at radius 1 is 0.892 bits per heavy atom. The number of carbonyl (C=O) groups excluding carboxylic acids is 2. The zero-order valence-electron chi connectivity index (χ0n) is 21.2. The van der Waals surface area contributed by atoms with Crippen molar-refractivity contribution < 1.29 is 18.7 Å². The fraction of sp³-hybridized carbons (Fsp3) is 0.267. The number of methoxy groups -OCH3 is 1. The molecule has 0 aliphatic heterocycles. The van der Waals surface area contributed by atoms with Gasteiger partial charge in [0.25, 0.3) is 5.91 Å². The lowest BCUT2D eigenvalue weighted by molar-refractivity contribution is -0.132. The fourth-order valence-electron chi connectivity index (χ4n) is 4.49. The summed E-state index contributed by atoms with van der Waals surface area (Å²) in [5, 5.41) is 1.13. The number of nitrogens with one attached hydrogen (secondary N) is 1. The van der Waals surface area contributed by atoms with Gasteiger partial charge in [0.1, 0.15) is 18.1 Å². The van der Waals surface area contributed by atoms with E-state index in [1.165, 1.54) is 29.2 Å². The predicted molar refractivity (Wildman–Crippen MR) is 143 cm³/mol. The van der Waals surface area contributed by atoms with E-state index in [2.05, 4.69) is 11.1 Å². The summed E-state index contributed by atoms with van der Waals surface area (Å²) in [6.07, 6.45) is 3.34. The van der Waals surface area contributed by atoms with Crippen molar-refractivity contribution in [2.24, 2.45) is 0 Å². The van der Waals surface area contributed by atoms with E-state index in [0.717, 1.165) is 22.0 Å². The third kappa shape index (κ3) is 6.36. The minimum atomic E-state index is -0.407. The Balaban J connectivity index is 1.56. The van der Waals surface area contributed by atoms with Crippen LogP contribution in [0.4, 0.5) is 4.39 Å². The van der Waals surface area contributed by atoms with Crippen LogP contribution in [0.15, 0.2) is 79.0 Å². The lowest BCUT2D eigenvalue weighted by Gasteiger charge is -2.28. The van der Waals surface area contributed by atoms with E-state index in [4.69, 9.17) is 4.74 Å². The van der Waals surface area contributed by atoms with E-state index >= 15 is 0 Å². The highest BCUT2D eigenvalue weighted by Gasteiger charge is 2.23. The third-order valence-corrected chi connectivity index (χ3v) is 6.43. The molecule has 0 unspecified atom stereocenters. The van der Waals surface area contributed by atoms with Crippen molar-refractivity contribution in [2.75, 3.05) is 26.7 Å². The standard InChI is InChI=1S/C30H32FN3O3/c1-3-17-34(30(36)22-12-14-25(31)15-13-22)21-29(35)33(20-24-8-4-7-11-28(24)37-2)18-16-23-19-32-27-10-6-5-9-26(23)27/h4-15,19,32H,3,16-18,20-21H2,1-2H3. The smallest absolute Gasteiger partial charge is 0.254 e. The molecule has 2 amide bonds. The van der Waals surface area contributed by atoms with Crippen LogP contribution in [0.2, 0.25) is 0 Å².